The first-order chi connectivity index (χ1) is 18.5. The van der Waals surface area contributed by atoms with E-state index in [0.29, 0.717) is 11.4 Å². The minimum absolute atomic E-state index is 0.164. The van der Waals surface area contributed by atoms with Crippen LogP contribution in [0.25, 0.3) is 38.3 Å². The molecule has 0 unspecified atom stereocenters. The molecule has 1 amide bonds. The number of hydrogen-bond acceptors (Lipinski definition) is 4. The van der Waals surface area contributed by atoms with Gasteiger partial charge in [-0.3, -0.25) is 24.1 Å². The number of benzene rings is 3. The Kier molecular flexibility index (Phi) is 5.77. The first-order valence-electron chi connectivity index (χ1n) is 12.3. The van der Waals surface area contributed by atoms with Gasteiger partial charge in [-0.2, -0.15) is 0 Å². The van der Waals surface area contributed by atoms with Crippen molar-refractivity contribution < 1.29 is 4.79 Å². The molecule has 0 spiro atoms. The number of carbonyl (C=O) groups excluding carboxylic acids is 1. The maximum absolute atomic E-state index is 13.3. The fraction of sp³-hybridized carbons (Fsp3) is 0.0625. The summed E-state index contributed by atoms with van der Waals surface area (Å²) in [5.74, 6) is -0.306. The molecule has 0 aliphatic heterocycles. The molecule has 0 atom stereocenters. The molecular formula is C32H24N4O2. The van der Waals surface area contributed by atoms with E-state index in [1.807, 2.05) is 43.5 Å². The molecule has 0 radical (unpaired) electrons. The lowest BCUT2D eigenvalue weighted by atomic mass is 10.00. The van der Waals surface area contributed by atoms with Gasteiger partial charge in [0.15, 0.2) is 0 Å². The summed E-state index contributed by atoms with van der Waals surface area (Å²) in [7, 11) is 0. The van der Waals surface area contributed by atoms with Crippen LogP contribution in [0, 0.1) is 6.92 Å². The predicted octanol–water partition coefficient (Wildman–Crippen LogP) is 6.11. The van der Waals surface area contributed by atoms with E-state index < -0.39 is 0 Å². The molecule has 6 aromatic rings. The number of pyridine rings is 3. The van der Waals surface area contributed by atoms with Gasteiger partial charge in [-0.25, -0.2) is 0 Å². The van der Waals surface area contributed by atoms with Crippen molar-refractivity contribution in [2.24, 2.45) is 0 Å². The third kappa shape index (κ3) is 4.22. The number of carbonyl (C=O) groups is 1. The van der Waals surface area contributed by atoms with E-state index in [-0.39, 0.29) is 11.5 Å². The number of rotatable bonds is 5. The van der Waals surface area contributed by atoms with Crippen molar-refractivity contribution in [2.45, 2.75) is 13.3 Å². The van der Waals surface area contributed by atoms with Gasteiger partial charge in [-0.1, -0.05) is 36.9 Å². The van der Waals surface area contributed by atoms with Gasteiger partial charge in [0.2, 0.25) is 5.91 Å². The Labute approximate surface area is 218 Å². The fourth-order valence-corrected chi connectivity index (χ4v) is 4.87. The van der Waals surface area contributed by atoms with Crippen LogP contribution < -0.4 is 10.9 Å². The first-order valence-corrected chi connectivity index (χ1v) is 12.3. The highest BCUT2D eigenvalue weighted by molar-refractivity contribution is 6.04. The zero-order valence-electron chi connectivity index (χ0n) is 20.8. The molecule has 184 valence electrons. The number of aromatic nitrogens is 3. The highest BCUT2D eigenvalue weighted by Gasteiger charge is 2.13. The van der Waals surface area contributed by atoms with Crippen LogP contribution in [0.15, 0.2) is 109 Å². The summed E-state index contributed by atoms with van der Waals surface area (Å²) in [5, 5.41) is 6.83. The Morgan fingerprint density at radius 2 is 1.74 bits per heavy atom. The second-order valence-electron chi connectivity index (χ2n) is 9.35. The van der Waals surface area contributed by atoms with Crippen molar-refractivity contribution in [3.05, 3.63) is 131 Å². The van der Waals surface area contributed by atoms with Crippen LogP contribution in [0.4, 0.5) is 5.69 Å². The van der Waals surface area contributed by atoms with Crippen LogP contribution in [-0.4, -0.2) is 20.4 Å². The molecule has 0 aliphatic rings. The van der Waals surface area contributed by atoms with Crippen molar-refractivity contribution in [1.29, 1.82) is 0 Å². The number of nitrogens with zero attached hydrogens (tertiary/aromatic N) is 3. The molecule has 6 nitrogen and oxygen atoms in total. The second-order valence-corrected chi connectivity index (χ2v) is 9.35. The van der Waals surface area contributed by atoms with Gasteiger partial charge in [-0.05, 0) is 77.9 Å². The fourth-order valence-electron chi connectivity index (χ4n) is 4.87. The zero-order chi connectivity index (χ0) is 26.2. The largest absolute Gasteiger partial charge is 0.322 e. The van der Waals surface area contributed by atoms with Crippen molar-refractivity contribution in [1.82, 2.24) is 14.5 Å². The van der Waals surface area contributed by atoms with Crippen LogP contribution in [0.5, 0.6) is 0 Å². The summed E-state index contributed by atoms with van der Waals surface area (Å²) in [4.78, 5) is 34.1. The van der Waals surface area contributed by atoms with E-state index in [0.717, 1.165) is 50.1 Å². The summed E-state index contributed by atoms with van der Waals surface area (Å²) in [5.41, 5.74) is 5.89. The third-order valence-corrected chi connectivity index (χ3v) is 6.82. The van der Waals surface area contributed by atoms with Gasteiger partial charge in [0.25, 0.3) is 5.56 Å². The third-order valence-electron chi connectivity index (χ3n) is 6.82. The second kappa shape index (κ2) is 9.41. The Balaban J connectivity index is 1.52. The molecule has 0 aliphatic carbocycles. The summed E-state index contributed by atoms with van der Waals surface area (Å²) < 4.78 is 1.69. The Morgan fingerprint density at radius 3 is 2.61 bits per heavy atom. The zero-order valence-corrected chi connectivity index (χ0v) is 20.8. The molecule has 3 heterocycles. The summed E-state index contributed by atoms with van der Waals surface area (Å²) in [6.45, 7) is 5.44. The SMILES string of the molecule is C=CC(=O)Nc1cc(-n2c(=O)ccc3cnc4ccc(Cc5ccc6cnccc6c5)cc4c32)ccc1C. The molecule has 0 saturated heterocycles. The van der Waals surface area contributed by atoms with Gasteiger partial charge >= 0.3 is 0 Å². The molecule has 0 saturated carbocycles. The molecule has 0 bridgehead atoms. The lowest BCUT2D eigenvalue weighted by Crippen LogP contribution is -2.18. The van der Waals surface area contributed by atoms with Crippen LogP contribution in [0.3, 0.4) is 0 Å². The summed E-state index contributed by atoms with van der Waals surface area (Å²) >= 11 is 0. The van der Waals surface area contributed by atoms with E-state index >= 15 is 0 Å². The average molecular weight is 497 g/mol. The molecule has 38 heavy (non-hydrogen) atoms. The van der Waals surface area contributed by atoms with Crippen LogP contribution in [0.2, 0.25) is 0 Å². The average Bonchev–Trinajstić information content (AvgIpc) is 2.94. The van der Waals surface area contributed by atoms with E-state index in [4.69, 9.17) is 0 Å². The van der Waals surface area contributed by atoms with Crippen LogP contribution in [-0.2, 0) is 11.2 Å². The normalized spacial score (nSPS) is 11.2. The molecule has 1 N–H and O–H groups in total. The van der Waals surface area contributed by atoms with Crippen molar-refractivity contribution in [2.75, 3.05) is 5.32 Å². The van der Waals surface area contributed by atoms with Gasteiger partial charge in [-0.15, -0.1) is 0 Å². The molecule has 3 aromatic heterocycles. The Hall–Kier alpha value is -5.10. The predicted molar refractivity (Wildman–Crippen MR) is 153 cm³/mol. The van der Waals surface area contributed by atoms with Gasteiger partial charge in [0.1, 0.15) is 0 Å². The molecular weight excluding hydrogens is 472 g/mol. The van der Waals surface area contributed by atoms with Gasteiger partial charge in [0, 0.05) is 46.5 Å². The first kappa shape index (κ1) is 23.3. The number of hydrogen-bond donors (Lipinski definition) is 1. The van der Waals surface area contributed by atoms with Gasteiger partial charge in [0.05, 0.1) is 16.7 Å². The van der Waals surface area contributed by atoms with Gasteiger partial charge < -0.3 is 5.32 Å². The summed E-state index contributed by atoms with van der Waals surface area (Å²) in [6.07, 6.45) is 7.43. The highest BCUT2D eigenvalue weighted by atomic mass is 16.1. The van der Waals surface area contributed by atoms with Crippen molar-refractivity contribution >= 4 is 44.2 Å². The molecule has 0 fully saturated rings. The van der Waals surface area contributed by atoms with Crippen LogP contribution >= 0.6 is 0 Å². The Morgan fingerprint density at radius 1 is 0.921 bits per heavy atom. The van der Waals surface area contributed by atoms with Crippen LogP contribution in [0.1, 0.15) is 16.7 Å². The monoisotopic (exact) mass is 496 g/mol. The quantitative estimate of drug-likeness (QED) is 0.231. The molecule has 3 aromatic carbocycles. The minimum atomic E-state index is -0.306. The maximum atomic E-state index is 13.3. The lowest BCUT2D eigenvalue weighted by molar-refractivity contribution is -0.111. The number of nitrogens with one attached hydrogen (secondary N) is 1. The van der Waals surface area contributed by atoms with E-state index in [2.05, 4.69) is 52.2 Å². The molecule has 6 heteroatoms. The number of anilines is 1. The van der Waals surface area contributed by atoms with Crippen molar-refractivity contribution in [3.8, 4) is 5.69 Å². The number of fused-ring (bicyclic) bond motifs is 4. The minimum Gasteiger partial charge on any atom is -0.322 e. The topological polar surface area (TPSA) is 76.9 Å². The van der Waals surface area contributed by atoms with E-state index in [9.17, 15) is 9.59 Å². The molecule has 6 rings (SSSR count). The highest BCUT2D eigenvalue weighted by Crippen LogP contribution is 2.28. The number of amides is 1. The lowest BCUT2D eigenvalue weighted by Gasteiger charge is -2.15. The van der Waals surface area contributed by atoms with Crippen molar-refractivity contribution in [3.63, 3.8) is 0 Å². The smallest absolute Gasteiger partial charge is 0.255 e. The Bertz CT molecular complexity index is 1960. The number of aryl methyl sites for hydroxylation is 1. The maximum Gasteiger partial charge on any atom is 0.255 e. The van der Waals surface area contributed by atoms with E-state index in [1.54, 1.807) is 29.1 Å². The summed E-state index contributed by atoms with van der Waals surface area (Å²) in [6, 6.07) is 23.6. The van der Waals surface area contributed by atoms with E-state index in [1.165, 1.54) is 11.6 Å². The standard InChI is InChI=1S/C32H24N4O2/c1-3-30(37)35-29-17-26(9-4-20(29)2)36-31(38)11-8-25-19-34-28-10-6-22(16-27(28)32(25)36)14-21-5-7-24-18-33-13-12-23(24)15-21/h3-13,15-19H,1,14H2,2H3,(H,35,37).